The van der Waals surface area contributed by atoms with E-state index in [0.717, 1.165) is 5.69 Å². The summed E-state index contributed by atoms with van der Waals surface area (Å²) in [6.07, 6.45) is 3.08. The average Bonchev–Trinajstić information content (AvgIpc) is 2.70. The fraction of sp³-hybridized carbons (Fsp3) is 0.0455. The first-order valence-electron chi connectivity index (χ1n) is 8.29. The lowest BCUT2D eigenvalue weighted by atomic mass is 10.1. The summed E-state index contributed by atoms with van der Waals surface area (Å²) in [6, 6.07) is 21.6. The van der Waals surface area contributed by atoms with Crippen molar-refractivity contribution < 1.29 is 14.3 Å². The lowest BCUT2D eigenvalue weighted by Gasteiger charge is -2.10. The van der Waals surface area contributed by atoms with Crippen molar-refractivity contribution in [3.05, 3.63) is 95.7 Å². The molecule has 0 saturated carbocycles. The van der Waals surface area contributed by atoms with E-state index in [1.807, 2.05) is 48.5 Å². The summed E-state index contributed by atoms with van der Waals surface area (Å²) < 4.78 is 11.1. The maximum Gasteiger partial charge on any atom is 0.187 e. The molecule has 0 fully saturated rings. The van der Waals surface area contributed by atoms with Gasteiger partial charge in [-0.2, -0.15) is 0 Å². The molecular weight excluding hydrogens is 362 g/mol. The second kappa shape index (κ2) is 8.92. The zero-order valence-corrected chi connectivity index (χ0v) is 15.4. The number of carbonyl (C=O) groups excluding carboxylic acids is 1. The summed E-state index contributed by atoms with van der Waals surface area (Å²) in [5.74, 6) is 1.90. The summed E-state index contributed by atoms with van der Waals surface area (Å²) in [7, 11) is 1.60. The lowest BCUT2D eigenvalue weighted by Crippen LogP contribution is -1.96. The van der Waals surface area contributed by atoms with Gasteiger partial charge in [-0.1, -0.05) is 23.7 Å². The van der Waals surface area contributed by atoms with Crippen LogP contribution in [-0.4, -0.2) is 12.9 Å². The van der Waals surface area contributed by atoms with Gasteiger partial charge in [0.05, 0.1) is 7.11 Å². The average molecular weight is 380 g/mol. The van der Waals surface area contributed by atoms with E-state index in [2.05, 4.69) is 5.32 Å². The SMILES string of the molecule is COc1ccccc1Oc1ccc(NC=CC(=O)c2ccc(Cl)cc2)cc1. The minimum Gasteiger partial charge on any atom is -0.493 e. The van der Waals surface area contributed by atoms with Gasteiger partial charge >= 0.3 is 0 Å². The molecule has 0 spiro atoms. The van der Waals surface area contributed by atoms with Gasteiger partial charge in [-0.05, 0) is 60.7 Å². The second-order valence-corrected chi connectivity index (χ2v) is 6.06. The smallest absolute Gasteiger partial charge is 0.187 e. The molecule has 3 rings (SSSR count). The maximum atomic E-state index is 12.1. The third-order valence-electron chi connectivity index (χ3n) is 3.76. The number of ether oxygens (including phenoxy) is 2. The van der Waals surface area contributed by atoms with Crippen LogP contribution in [0.5, 0.6) is 17.2 Å². The number of methoxy groups -OCH3 is 1. The molecule has 0 amide bonds. The molecule has 27 heavy (non-hydrogen) atoms. The fourth-order valence-corrected chi connectivity index (χ4v) is 2.50. The van der Waals surface area contributed by atoms with E-state index >= 15 is 0 Å². The van der Waals surface area contributed by atoms with E-state index in [9.17, 15) is 4.79 Å². The van der Waals surface area contributed by atoms with E-state index in [1.54, 1.807) is 37.6 Å². The van der Waals surface area contributed by atoms with Crippen molar-refractivity contribution in [2.75, 3.05) is 12.4 Å². The van der Waals surface area contributed by atoms with Crippen molar-refractivity contribution in [2.24, 2.45) is 0 Å². The summed E-state index contributed by atoms with van der Waals surface area (Å²) >= 11 is 5.82. The second-order valence-electron chi connectivity index (χ2n) is 5.63. The highest BCUT2D eigenvalue weighted by molar-refractivity contribution is 6.30. The Morgan fingerprint density at radius 1 is 0.926 bits per heavy atom. The first-order valence-corrected chi connectivity index (χ1v) is 8.67. The molecule has 0 atom stereocenters. The van der Waals surface area contributed by atoms with Crippen LogP contribution in [0.1, 0.15) is 10.4 Å². The van der Waals surface area contributed by atoms with E-state index in [0.29, 0.717) is 27.8 Å². The Kier molecular flexibility index (Phi) is 6.13. The van der Waals surface area contributed by atoms with Gasteiger partial charge in [0, 0.05) is 28.5 Å². The minimum absolute atomic E-state index is 0.102. The van der Waals surface area contributed by atoms with Crippen molar-refractivity contribution in [3.63, 3.8) is 0 Å². The standard InChI is InChI=1S/C22H18ClNO3/c1-26-21-4-2-3-5-22(21)27-19-12-10-18(11-13-19)24-15-14-20(25)16-6-8-17(23)9-7-16/h2-15,24H,1H3. The summed E-state index contributed by atoms with van der Waals surface area (Å²) in [5, 5.41) is 3.66. The lowest BCUT2D eigenvalue weighted by molar-refractivity contribution is 0.104. The molecule has 3 aromatic rings. The van der Waals surface area contributed by atoms with Crippen LogP contribution >= 0.6 is 11.6 Å². The van der Waals surface area contributed by atoms with Crippen molar-refractivity contribution in [1.82, 2.24) is 0 Å². The molecule has 0 aliphatic heterocycles. The molecule has 0 unspecified atom stereocenters. The van der Waals surface area contributed by atoms with Gasteiger partial charge in [-0.25, -0.2) is 0 Å². The Balaban J connectivity index is 1.59. The zero-order chi connectivity index (χ0) is 19.1. The van der Waals surface area contributed by atoms with Gasteiger partial charge in [-0.3, -0.25) is 4.79 Å². The normalized spacial score (nSPS) is 10.6. The topological polar surface area (TPSA) is 47.6 Å². The van der Waals surface area contributed by atoms with Gasteiger partial charge in [-0.15, -0.1) is 0 Å². The molecule has 3 aromatic carbocycles. The molecule has 5 heteroatoms. The molecule has 0 radical (unpaired) electrons. The van der Waals surface area contributed by atoms with Crippen LogP contribution in [0.15, 0.2) is 85.1 Å². The first kappa shape index (κ1) is 18.5. The van der Waals surface area contributed by atoms with E-state index in [-0.39, 0.29) is 5.78 Å². The number of anilines is 1. The van der Waals surface area contributed by atoms with Crippen LogP contribution in [0.25, 0.3) is 0 Å². The summed E-state index contributed by atoms with van der Waals surface area (Å²) in [6.45, 7) is 0. The minimum atomic E-state index is -0.102. The van der Waals surface area contributed by atoms with Crippen LogP contribution in [0.3, 0.4) is 0 Å². The predicted molar refractivity (Wildman–Crippen MR) is 108 cm³/mol. The number of halogens is 1. The van der Waals surface area contributed by atoms with Crippen molar-refractivity contribution in [3.8, 4) is 17.2 Å². The van der Waals surface area contributed by atoms with Gasteiger partial charge < -0.3 is 14.8 Å². The quantitative estimate of drug-likeness (QED) is 0.407. The number of carbonyl (C=O) groups is 1. The molecule has 0 aliphatic rings. The largest absolute Gasteiger partial charge is 0.493 e. The molecule has 0 heterocycles. The highest BCUT2D eigenvalue weighted by Crippen LogP contribution is 2.31. The van der Waals surface area contributed by atoms with Crippen LogP contribution in [0.4, 0.5) is 5.69 Å². The predicted octanol–water partition coefficient (Wildman–Crippen LogP) is 5.95. The number of rotatable bonds is 7. The first-order chi connectivity index (χ1) is 13.2. The van der Waals surface area contributed by atoms with Gasteiger partial charge in [0.1, 0.15) is 5.75 Å². The van der Waals surface area contributed by atoms with Crippen molar-refractivity contribution >= 4 is 23.1 Å². The van der Waals surface area contributed by atoms with Gasteiger partial charge in [0.15, 0.2) is 17.3 Å². The van der Waals surface area contributed by atoms with E-state index in [1.165, 1.54) is 6.08 Å². The molecule has 0 bridgehead atoms. The molecule has 0 aromatic heterocycles. The third kappa shape index (κ3) is 5.12. The van der Waals surface area contributed by atoms with E-state index in [4.69, 9.17) is 21.1 Å². The van der Waals surface area contributed by atoms with Crippen LogP contribution in [0, 0.1) is 0 Å². The molecule has 0 aliphatic carbocycles. The Morgan fingerprint density at radius 2 is 1.59 bits per heavy atom. The Hall–Kier alpha value is -3.24. The van der Waals surface area contributed by atoms with Crippen LogP contribution < -0.4 is 14.8 Å². The number of hydrogen-bond donors (Lipinski definition) is 1. The molecule has 1 N–H and O–H groups in total. The fourth-order valence-electron chi connectivity index (χ4n) is 2.37. The highest BCUT2D eigenvalue weighted by Gasteiger charge is 2.04. The summed E-state index contributed by atoms with van der Waals surface area (Å²) in [5.41, 5.74) is 1.42. The Bertz CT molecular complexity index is 935. The number of allylic oxidation sites excluding steroid dienone is 1. The number of ketones is 1. The molecule has 4 nitrogen and oxygen atoms in total. The maximum absolute atomic E-state index is 12.1. The highest BCUT2D eigenvalue weighted by atomic mass is 35.5. The van der Waals surface area contributed by atoms with E-state index < -0.39 is 0 Å². The molecule has 136 valence electrons. The molecular formula is C22H18ClNO3. The van der Waals surface area contributed by atoms with Crippen molar-refractivity contribution in [2.45, 2.75) is 0 Å². The van der Waals surface area contributed by atoms with Crippen LogP contribution in [0.2, 0.25) is 5.02 Å². The number of hydrogen-bond acceptors (Lipinski definition) is 4. The number of benzene rings is 3. The van der Waals surface area contributed by atoms with Crippen LogP contribution in [-0.2, 0) is 0 Å². The van der Waals surface area contributed by atoms with Gasteiger partial charge in [0.25, 0.3) is 0 Å². The number of para-hydroxylation sites is 2. The molecule has 0 saturated heterocycles. The Morgan fingerprint density at radius 3 is 2.26 bits per heavy atom. The number of nitrogens with one attached hydrogen (secondary N) is 1. The van der Waals surface area contributed by atoms with Crippen molar-refractivity contribution in [1.29, 1.82) is 0 Å². The zero-order valence-electron chi connectivity index (χ0n) is 14.7. The third-order valence-corrected chi connectivity index (χ3v) is 4.02. The summed E-state index contributed by atoms with van der Waals surface area (Å²) in [4.78, 5) is 12.1. The Labute approximate surface area is 163 Å². The van der Waals surface area contributed by atoms with Gasteiger partial charge in [0.2, 0.25) is 0 Å². The monoisotopic (exact) mass is 379 g/mol.